The number of hydrogen-bond donors (Lipinski definition) is 2. The third-order valence-corrected chi connectivity index (χ3v) is 2.48. The molecule has 2 rings (SSSR count). The molecule has 0 saturated heterocycles. The summed E-state index contributed by atoms with van der Waals surface area (Å²) < 4.78 is 0. The Morgan fingerprint density at radius 2 is 2.29 bits per heavy atom. The number of H-pyrrole nitrogens is 1. The molecule has 1 unspecified atom stereocenters. The summed E-state index contributed by atoms with van der Waals surface area (Å²) in [5, 5.41) is 0. The number of aromatic nitrogens is 2. The van der Waals surface area contributed by atoms with E-state index in [9.17, 15) is 0 Å². The van der Waals surface area contributed by atoms with Crippen LogP contribution < -0.4 is 5.73 Å². The number of imidazole rings is 1. The van der Waals surface area contributed by atoms with Gasteiger partial charge in [0.25, 0.3) is 0 Å². The molecule has 1 aromatic carbocycles. The second kappa shape index (κ2) is 3.42. The van der Waals surface area contributed by atoms with Gasteiger partial charge in [0.2, 0.25) is 0 Å². The lowest BCUT2D eigenvalue weighted by atomic mass is 10.2. The second-order valence-corrected chi connectivity index (χ2v) is 3.78. The summed E-state index contributed by atoms with van der Waals surface area (Å²) in [6, 6.07) is 6.21. The number of nitrogens with zero attached hydrogens (tertiary/aromatic N) is 1. The number of nitrogens with two attached hydrogens (primary N) is 1. The fourth-order valence-corrected chi connectivity index (χ4v) is 1.49. The van der Waals surface area contributed by atoms with E-state index in [1.165, 1.54) is 5.56 Å². The maximum absolute atomic E-state index is 5.60. The number of fused-ring (bicyclic) bond motifs is 1. The van der Waals surface area contributed by atoms with Crippen molar-refractivity contribution in [2.24, 2.45) is 5.73 Å². The molecule has 0 bridgehead atoms. The number of benzene rings is 1. The number of aromatic amines is 1. The number of hydrogen-bond acceptors (Lipinski definition) is 2. The normalized spacial score (nSPS) is 13.4. The van der Waals surface area contributed by atoms with Crippen molar-refractivity contribution in [2.75, 3.05) is 6.54 Å². The van der Waals surface area contributed by atoms with E-state index in [0.717, 1.165) is 16.9 Å². The Morgan fingerprint density at radius 3 is 3.00 bits per heavy atom. The molecule has 14 heavy (non-hydrogen) atoms. The smallest absolute Gasteiger partial charge is 0.111 e. The molecule has 0 radical (unpaired) electrons. The first-order valence-electron chi connectivity index (χ1n) is 4.87. The summed E-state index contributed by atoms with van der Waals surface area (Å²) in [5.74, 6) is 1.27. The van der Waals surface area contributed by atoms with Gasteiger partial charge in [-0.2, -0.15) is 0 Å². The SMILES string of the molecule is Cc1ccc2nc(C(C)CN)[nH]c2c1. The highest BCUT2D eigenvalue weighted by molar-refractivity contribution is 5.75. The van der Waals surface area contributed by atoms with Gasteiger partial charge in [-0.05, 0) is 24.6 Å². The van der Waals surface area contributed by atoms with E-state index in [-0.39, 0.29) is 0 Å². The van der Waals surface area contributed by atoms with Crippen molar-refractivity contribution in [3.8, 4) is 0 Å². The Hall–Kier alpha value is -1.35. The quantitative estimate of drug-likeness (QED) is 0.758. The minimum atomic E-state index is 0.294. The molecule has 3 nitrogen and oxygen atoms in total. The number of aryl methyl sites for hydroxylation is 1. The predicted molar refractivity (Wildman–Crippen MR) is 58.3 cm³/mol. The summed E-state index contributed by atoms with van der Waals surface area (Å²) >= 11 is 0. The summed E-state index contributed by atoms with van der Waals surface area (Å²) in [7, 11) is 0. The zero-order valence-electron chi connectivity index (χ0n) is 8.54. The van der Waals surface area contributed by atoms with Gasteiger partial charge >= 0.3 is 0 Å². The summed E-state index contributed by atoms with van der Waals surface area (Å²) in [4.78, 5) is 7.78. The molecule has 0 aliphatic heterocycles. The molecule has 0 spiro atoms. The Morgan fingerprint density at radius 1 is 1.50 bits per heavy atom. The van der Waals surface area contributed by atoms with Crippen molar-refractivity contribution in [2.45, 2.75) is 19.8 Å². The summed E-state index contributed by atoms with van der Waals surface area (Å²) in [5.41, 5.74) is 8.96. The second-order valence-electron chi connectivity index (χ2n) is 3.78. The van der Waals surface area contributed by atoms with Crippen LogP contribution in [0.4, 0.5) is 0 Å². The molecule has 0 aliphatic carbocycles. The van der Waals surface area contributed by atoms with Crippen molar-refractivity contribution >= 4 is 11.0 Å². The monoisotopic (exact) mass is 189 g/mol. The fourth-order valence-electron chi connectivity index (χ4n) is 1.49. The van der Waals surface area contributed by atoms with Crippen LogP contribution in [0.1, 0.15) is 24.2 Å². The van der Waals surface area contributed by atoms with E-state index >= 15 is 0 Å². The minimum Gasteiger partial charge on any atom is -0.342 e. The Balaban J connectivity index is 2.51. The maximum Gasteiger partial charge on any atom is 0.111 e. The maximum atomic E-state index is 5.60. The lowest BCUT2D eigenvalue weighted by Crippen LogP contribution is -2.10. The number of rotatable bonds is 2. The van der Waals surface area contributed by atoms with Crippen LogP contribution in [0, 0.1) is 6.92 Å². The molecule has 1 aromatic heterocycles. The molecule has 0 saturated carbocycles. The van der Waals surface area contributed by atoms with Crippen LogP contribution >= 0.6 is 0 Å². The molecule has 0 aliphatic rings. The highest BCUT2D eigenvalue weighted by atomic mass is 14.9. The van der Waals surface area contributed by atoms with Crippen molar-refractivity contribution < 1.29 is 0 Å². The van der Waals surface area contributed by atoms with Crippen molar-refractivity contribution in [1.29, 1.82) is 0 Å². The third kappa shape index (κ3) is 1.51. The first-order valence-corrected chi connectivity index (χ1v) is 4.87. The average Bonchev–Trinajstić information content (AvgIpc) is 2.59. The lowest BCUT2D eigenvalue weighted by Gasteiger charge is -2.01. The summed E-state index contributed by atoms with van der Waals surface area (Å²) in [6.07, 6.45) is 0. The molecule has 3 N–H and O–H groups in total. The van der Waals surface area contributed by atoms with Crippen LogP contribution in [0.3, 0.4) is 0 Å². The topological polar surface area (TPSA) is 54.7 Å². The lowest BCUT2D eigenvalue weighted by molar-refractivity contribution is 0.728. The fraction of sp³-hybridized carbons (Fsp3) is 0.364. The molecule has 1 heterocycles. The van der Waals surface area contributed by atoms with Gasteiger partial charge in [-0.25, -0.2) is 4.98 Å². The van der Waals surface area contributed by atoms with Crippen LogP contribution in [0.2, 0.25) is 0 Å². The first-order chi connectivity index (χ1) is 6.70. The van der Waals surface area contributed by atoms with E-state index in [2.05, 4.69) is 35.9 Å². The van der Waals surface area contributed by atoms with Crippen LogP contribution in [0.5, 0.6) is 0 Å². The third-order valence-electron chi connectivity index (χ3n) is 2.48. The van der Waals surface area contributed by atoms with Gasteiger partial charge in [0.05, 0.1) is 11.0 Å². The van der Waals surface area contributed by atoms with E-state index in [4.69, 9.17) is 5.73 Å². The molecule has 0 amide bonds. The highest BCUT2D eigenvalue weighted by Crippen LogP contribution is 2.17. The van der Waals surface area contributed by atoms with Gasteiger partial charge in [-0.3, -0.25) is 0 Å². The van der Waals surface area contributed by atoms with Crippen LogP contribution in [0.25, 0.3) is 11.0 Å². The molecular weight excluding hydrogens is 174 g/mol. The van der Waals surface area contributed by atoms with Crippen molar-refractivity contribution in [3.63, 3.8) is 0 Å². The van der Waals surface area contributed by atoms with E-state index < -0.39 is 0 Å². The van der Waals surface area contributed by atoms with Crippen LogP contribution in [-0.4, -0.2) is 16.5 Å². The van der Waals surface area contributed by atoms with Gasteiger partial charge in [-0.15, -0.1) is 0 Å². The standard InChI is InChI=1S/C11H15N3/c1-7-3-4-9-10(5-7)14-11(13-9)8(2)6-12/h3-5,8H,6,12H2,1-2H3,(H,13,14). The van der Waals surface area contributed by atoms with Gasteiger partial charge in [0.1, 0.15) is 5.82 Å². The Labute approximate surface area is 83.3 Å². The molecule has 0 fully saturated rings. The molecule has 3 heteroatoms. The molecule has 2 aromatic rings. The van der Waals surface area contributed by atoms with E-state index in [1.807, 2.05) is 6.07 Å². The largest absolute Gasteiger partial charge is 0.342 e. The first kappa shape index (κ1) is 9.21. The van der Waals surface area contributed by atoms with Gasteiger partial charge in [0, 0.05) is 12.5 Å². The van der Waals surface area contributed by atoms with E-state index in [1.54, 1.807) is 0 Å². The van der Waals surface area contributed by atoms with Gasteiger partial charge in [-0.1, -0.05) is 13.0 Å². The predicted octanol–water partition coefficient (Wildman–Crippen LogP) is 1.93. The highest BCUT2D eigenvalue weighted by Gasteiger charge is 2.08. The van der Waals surface area contributed by atoms with Crippen LogP contribution in [0.15, 0.2) is 18.2 Å². The Kier molecular flexibility index (Phi) is 2.25. The zero-order chi connectivity index (χ0) is 10.1. The van der Waals surface area contributed by atoms with Gasteiger partial charge < -0.3 is 10.7 Å². The number of nitrogens with one attached hydrogen (secondary N) is 1. The molecule has 74 valence electrons. The average molecular weight is 189 g/mol. The summed E-state index contributed by atoms with van der Waals surface area (Å²) in [6.45, 7) is 4.77. The minimum absolute atomic E-state index is 0.294. The van der Waals surface area contributed by atoms with Crippen molar-refractivity contribution in [1.82, 2.24) is 9.97 Å². The van der Waals surface area contributed by atoms with Crippen molar-refractivity contribution in [3.05, 3.63) is 29.6 Å². The Bertz CT molecular complexity index is 445. The van der Waals surface area contributed by atoms with Gasteiger partial charge in [0.15, 0.2) is 0 Å². The molecule has 1 atom stereocenters. The molecular formula is C11H15N3. The zero-order valence-corrected chi connectivity index (χ0v) is 8.54. The van der Waals surface area contributed by atoms with Crippen LogP contribution in [-0.2, 0) is 0 Å². The van der Waals surface area contributed by atoms with E-state index in [0.29, 0.717) is 12.5 Å².